The zero-order valence-electron chi connectivity index (χ0n) is 11.1. The van der Waals surface area contributed by atoms with Gasteiger partial charge in [-0.25, -0.2) is 0 Å². The SMILES string of the molecule is CC1(C)CCCCC1Nc1cnn(CC(N)=O)c1. The Bertz CT molecular complexity index is 424. The number of rotatable bonds is 4. The van der Waals surface area contributed by atoms with Crippen molar-refractivity contribution in [3.05, 3.63) is 12.4 Å². The average Bonchev–Trinajstić information content (AvgIpc) is 2.68. The van der Waals surface area contributed by atoms with Crippen LogP contribution in [0.5, 0.6) is 0 Å². The Morgan fingerprint density at radius 1 is 1.61 bits per heavy atom. The first kappa shape index (κ1) is 12.9. The lowest BCUT2D eigenvalue weighted by Crippen LogP contribution is -2.38. The third kappa shape index (κ3) is 3.03. The topological polar surface area (TPSA) is 72.9 Å². The van der Waals surface area contributed by atoms with Gasteiger partial charge in [-0.2, -0.15) is 5.10 Å². The molecule has 100 valence electrons. The maximum atomic E-state index is 10.8. The van der Waals surface area contributed by atoms with Gasteiger partial charge in [-0.05, 0) is 18.3 Å². The smallest absolute Gasteiger partial charge is 0.239 e. The number of aromatic nitrogens is 2. The van der Waals surface area contributed by atoms with E-state index in [9.17, 15) is 4.79 Å². The fraction of sp³-hybridized carbons (Fsp3) is 0.692. The Morgan fingerprint density at radius 3 is 3.06 bits per heavy atom. The van der Waals surface area contributed by atoms with E-state index >= 15 is 0 Å². The van der Waals surface area contributed by atoms with Crippen molar-refractivity contribution in [2.45, 2.75) is 52.1 Å². The standard InChI is InChI=1S/C13H22N4O/c1-13(2)6-4-3-5-11(13)16-10-7-15-17(8-10)9-12(14)18/h7-8,11,16H,3-6,9H2,1-2H3,(H2,14,18). The van der Waals surface area contributed by atoms with Gasteiger partial charge in [-0.1, -0.05) is 26.7 Å². The molecule has 1 aliphatic rings. The van der Waals surface area contributed by atoms with Gasteiger partial charge >= 0.3 is 0 Å². The number of nitrogens with two attached hydrogens (primary N) is 1. The van der Waals surface area contributed by atoms with Crippen molar-refractivity contribution in [1.82, 2.24) is 9.78 Å². The highest BCUT2D eigenvalue weighted by atomic mass is 16.1. The van der Waals surface area contributed by atoms with Crippen LogP contribution in [0.15, 0.2) is 12.4 Å². The summed E-state index contributed by atoms with van der Waals surface area (Å²) in [5, 5.41) is 7.65. The first-order valence-electron chi connectivity index (χ1n) is 6.55. The maximum absolute atomic E-state index is 10.8. The molecule has 1 amide bonds. The summed E-state index contributed by atoms with van der Waals surface area (Å²) in [5.41, 5.74) is 6.42. The minimum Gasteiger partial charge on any atom is -0.379 e. The first-order valence-corrected chi connectivity index (χ1v) is 6.55. The van der Waals surface area contributed by atoms with Crippen molar-refractivity contribution >= 4 is 11.6 Å². The highest BCUT2D eigenvalue weighted by Crippen LogP contribution is 2.37. The maximum Gasteiger partial charge on any atom is 0.239 e. The van der Waals surface area contributed by atoms with Gasteiger partial charge in [0.05, 0.1) is 11.9 Å². The van der Waals surface area contributed by atoms with Gasteiger partial charge in [-0.15, -0.1) is 0 Å². The molecule has 0 saturated heterocycles. The van der Waals surface area contributed by atoms with Crippen molar-refractivity contribution in [1.29, 1.82) is 0 Å². The summed E-state index contributed by atoms with van der Waals surface area (Å²) in [7, 11) is 0. The molecule has 0 radical (unpaired) electrons. The van der Waals surface area contributed by atoms with Crippen LogP contribution in [-0.2, 0) is 11.3 Å². The van der Waals surface area contributed by atoms with Crippen molar-refractivity contribution < 1.29 is 4.79 Å². The molecule has 0 aromatic carbocycles. The summed E-state index contributed by atoms with van der Waals surface area (Å²) in [4.78, 5) is 10.8. The van der Waals surface area contributed by atoms with Crippen molar-refractivity contribution in [3.63, 3.8) is 0 Å². The van der Waals surface area contributed by atoms with Gasteiger partial charge in [0.1, 0.15) is 6.54 Å². The molecule has 1 heterocycles. The minimum atomic E-state index is -0.373. The Morgan fingerprint density at radius 2 is 2.39 bits per heavy atom. The van der Waals surface area contributed by atoms with Gasteiger partial charge in [0, 0.05) is 12.2 Å². The molecule has 5 heteroatoms. The number of primary amides is 1. The van der Waals surface area contributed by atoms with Crippen LogP contribution in [0.4, 0.5) is 5.69 Å². The van der Waals surface area contributed by atoms with Crippen LogP contribution in [0.2, 0.25) is 0 Å². The Kier molecular flexibility index (Phi) is 3.59. The van der Waals surface area contributed by atoms with Gasteiger partial charge in [0.2, 0.25) is 5.91 Å². The lowest BCUT2D eigenvalue weighted by Gasteiger charge is -2.39. The summed E-state index contributed by atoms with van der Waals surface area (Å²) < 4.78 is 1.57. The number of carbonyl (C=O) groups excluding carboxylic acids is 1. The zero-order chi connectivity index (χ0) is 13.2. The summed E-state index contributed by atoms with van der Waals surface area (Å²) >= 11 is 0. The molecule has 1 aromatic heterocycles. The molecule has 1 unspecified atom stereocenters. The van der Waals surface area contributed by atoms with E-state index in [1.165, 1.54) is 25.7 Å². The molecule has 1 saturated carbocycles. The third-order valence-electron chi connectivity index (χ3n) is 3.80. The number of anilines is 1. The Hall–Kier alpha value is -1.52. The van der Waals surface area contributed by atoms with E-state index < -0.39 is 0 Å². The Balaban J connectivity index is 2.00. The van der Waals surface area contributed by atoms with Crippen molar-refractivity contribution in [3.8, 4) is 0 Å². The van der Waals surface area contributed by atoms with Gasteiger partial charge in [0.25, 0.3) is 0 Å². The van der Waals surface area contributed by atoms with Crippen LogP contribution >= 0.6 is 0 Å². The van der Waals surface area contributed by atoms with Crippen molar-refractivity contribution in [2.24, 2.45) is 11.1 Å². The zero-order valence-corrected chi connectivity index (χ0v) is 11.1. The molecule has 1 aliphatic carbocycles. The van der Waals surface area contributed by atoms with Crippen LogP contribution in [-0.4, -0.2) is 21.7 Å². The summed E-state index contributed by atoms with van der Waals surface area (Å²) in [6.07, 6.45) is 8.62. The number of carbonyl (C=O) groups is 1. The van der Waals surface area contributed by atoms with Crippen molar-refractivity contribution in [2.75, 3.05) is 5.32 Å². The van der Waals surface area contributed by atoms with E-state index in [-0.39, 0.29) is 12.5 Å². The Labute approximate surface area is 108 Å². The molecule has 2 rings (SSSR count). The second kappa shape index (κ2) is 5.00. The van der Waals surface area contributed by atoms with Crippen LogP contribution in [0.1, 0.15) is 39.5 Å². The molecular weight excluding hydrogens is 228 g/mol. The van der Waals surface area contributed by atoms with E-state index in [1.54, 1.807) is 10.9 Å². The quantitative estimate of drug-likeness (QED) is 0.855. The van der Waals surface area contributed by atoms with Crippen LogP contribution < -0.4 is 11.1 Å². The molecule has 18 heavy (non-hydrogen) atoms. The summed E-state index contributed by atoms with van der Waals surface area (Å²) in [6, 6.07) is 0.470. The van der Waals surface area contributed by atoms with E-state index in [0.717, 1.165) is 5.69 Å². The van der Waals surface area contributed by atoms with E-state index in [2.05, 4.69) is 24.3 Å². The summed E-state index contributed by atoms with van der Waals surface area (Å²) in [6.45, 7) is 4.74. The number of nitrogens with one attached hydrogen (secondary N) is 1. The molecule has 1 aromatic rings. The summed E-state index contributed by atoms with van der Waals surface area (Å²) in [5.74, 6) is -0.373. The molecule has 5 nitrogen and oxygen atoms in total. The second-order valence-electron chi connectivity index (χ2n) is 5.82. The monoisotopic (exact) mass is 250 g/mol. The van der Waals surface area contributed by atoms with E-state index in [1.807, 2.05) is 6.20 Å². The minimum absolute atomic E-state index is 0.135. The molecule has 0 aliphatic heterocycles. The first-order chi connectivity index (χ1) is 8.47. The van der Waals surface area contributed by atoms with Crippen LogP contribution in [0.3, 0.4) is 0 Å². The van der Waals surface area contributed by atoms with Crippen LogP contribution in [0.25, 0.3) is 0 Å². The fourth-order valence-electron chi connectivity index (χ4n) is 2.65. The number of amides is 1. The number of hydrogen-bond donors (Lipinski definition) is 2. The molecule has 3 N–H and O–H groups in total. The second-order valence-corrected chi connectivity index (χ2v) is 5.82. The molecule has 0 spiro atoms. The van der Waals surface area contributed by atoms with Crippen LogP contribution in [0, 0.1) is 5.41 Å². The molecule has 1 atom stereocenters. The largest absolute Gasteiger partial charge is 0.379 e. The predicted octanol–water partition coefficient (Wildman–Crippen LogP) is 1.75. The fourth-order valence-corrected chi connectivity index (χ4v) is 2.65. The number of hydrogen-bond acceptors (Lipinski definition) is 3. The van der Waals surface area contributed by atoms with Gasteiger partial charge in [-0.3, -0.25) is 9.48 Å². The lowest BCUT2D eigenvalue weighted by atomic mass is 9.73. The average molecular weight is 250 g/mol. The molecular formula is C13H22N4O. The normalized spacial score (nSPS) is 22.7. The van der Waals surface area contributed by atoms with E-state index in [4.69, 9.17) is 5.73 Å². The van der Waals surface area contributed by atoms with Gasteiger partial charge < -0.3 is 11.1 Å². The van der Waals surface area contributed by atoms with Gasteiger partial charge in [0.15, 0.2) is 0 Å². The number of nitrogens with zero attached hydrogens (tertiary/aromatic N) is 2. The molecule has 0 bridgehead atoms. The molecule has 1 fully saturated rings. The highest BCUT2D eigenvalue weighted by molar-refractivity contribution is 5.73. The predicted molar refractivity (Wildman–Crippen MR) is 71.1 cm³/mol. The third-order valence-corrected chi connectivity index (χ3v) is 3.80. The highest BCUT2D eigenvalue weighted by Gasteiger charge is 2.32. The lowest BCUT2D eigenvalue weighted by molar-refractivity contribution is -0.118. The van der Waals surface area contributed by atoms with E-state index in [0.29, 0.717) is 11.5 Å².